The van der Waals surface area contributed by atoms with E-state index in [-0.39, 0.29) is 13.1 Å². The fourth-order valence-electron chi connectivity index (χ4n) is 1.78. The maximum absolute atomic E-state index is 12.9. The highest BCUT2D eigenvalue weighted by molar-refractivity contribution is 9.10. The van der Waals surface area contributed by atoms with Crippen LogP contribution >= 0.6 is 15.9 Å². The van der Waals surface area contributed by atoms with Gasteiger partial charge in [-0.2, -0.15) is 0 Å². The summed E-state index contributed by atoms with van der Waals surface area (Å²) in [5.74, 6) is 0. The lowest BCUT2D eigenvalue weighted by atomic mass is 9.90. The summed E-state index contributed by atoms with van der Waals surface area (Å²) in [4.78, 5) is 4.84. The monoisotopic (exact) mass is 310 g/mol. The van der Waals surface area contributed by atoms with E-state index in [1.54, 1.807) is 12.1 Å². The van der Waals surface area contributed by atoms with E-state index in [9.17, 15) is 18.3 Å². The van der Waals surface area contributed by atoms with E-state index in [0.29, 0.717) is 5.69 Å². The van der Waals surface area contributed by atoms with Crippen molar-refractivity contribution in [2.24, 2.45) is 0 Å². The second-order valence-electron chi connectivity index (χ2n) is 4.00. The standard InChI is InChI=1S/C10H10BrF3N2O/c11-6-1-2-15-7(3-6)10(17)4-16(5-10)9(14)8(12)13/h1-3,8-9,17H,4-5H2. The molecule has 1 saturated heterocycles. The third kappa shape index (κ3) is 2.46. The zero-order chi connectivity index (χ0) is 12.6. The third-order valence-electron chi connectivity index (χ3n) is 2.68. The summed E-state index contributed by atoms with van der Waals surface area (Å²) in [6.07, 6.45) is -3.91. The summed E-state index contributed by atoms with van der Waals surface area (Å²) in [5, 5.41) is 10.1. The molecule has 1 fully saturated rings. The van der Waals surface area contributed by atoms with Gasteiger partial charge in [0, 0.05) is 23.8 Å². The highest BCUT2D eigenvalue weighted by Crippen LogP contribution is 2.34. The molecule has 2 rings (SSSR count). The number of nitrogens with zero attached hydrogens (tertiary/aromatic N) is 2. The molecule has 1 aliphatic heterocycles. The van der Waals surface area contributed by atoms with Gasteiger partial charge in [-0.3, -0.25) is 9.88 Å². The number of β-amino-alcohol motifs (C(OH)–C–C–N with tert-alkyl or cyclic N) is 1. The van der Waals surface area contributed by atoms with Crippen LogP contribution in [0.2, 0.25) is 0 Å². The minimum atomic E-state index is -3.06. The number of aromatic nitrogens is 1. The van der Waals surface area contributed by atoms with E-state index < -0.39 is 18.3 Å². The molecule has 0 aliphatic carbocycles. The van der Waals surface area contributed by atoms with Gasteiger partial charge in [0.15, 0.2) is 0 Å². The molecule has 94 valence electrons. The van der Waals surface area contributed by atoms with Crippen LogP contribution < -0.4 is 0 Å². The van der Waals surface area contributed by atoms with Crippen LogP contribution in [-0.4, -0.2) is 40.8 Å². The topological polar surface area (TPSA) is 36.4 Å². The van der Waals surface area contributed by atoms with Crippen LogP contribution in [0.15, 0.2) is 22.8 Å². The van der Waals surface area contributed by atoms with Crippen LogP contribution in [0.3, 0.4) is 0 Å². The highest BCUT2D eigenvalue weighted by Gasteiger charge is 2.48. The van der Waals surface area contributed by atoms with Crippen LogP contribution in [0, 0.1) is 0 Å². The highest BCUT2D eigenvalue weighted by atomic mass is 79.9. The molecule has 0 radical (unpaired) electrons. The molecule has 1 aromatic heterocycles. The molecular formula is C10H10BrF3N2O. The summed E-state index contributed by atoms with van der Waals surface area (Å²) in [6.45, 7) is -0.357. The van der Waals surface area contributed by atoms with Gasteiger partial charge in [0.25, 0.3) is 6.43 Å². The minimum absolute atomic E-state index is 0.179. The molecule has 0 amide bonds. The molecule has 3 nitrogen and oxygen atoms in total. The molecule has 0 aromatic carbocycles. The smallest absolute Gasteiger partial charge is 0.282 e. The number of halogens is 4. The lowest BCUT2D eigenvalue weighted by molar-refractivity contribution is -0.176. The van der Waals surface area contributed by atoms with Crippen molar-refractivity contribution in [2.75, 3.05) is 13.1 Å². The quantitative estimate of drug-likeness (QED) is 0.866. The number of likely N-dealkylation sites (tertiary alicyclic amines) is 1. The average Bonchev–Trinajstić information content (AvgIpc) is 2.23. The van der Waals surface area contributed by atoms with Gasteiger partial charge in [-0.25, -0.2) is 13.2 Å². The lowest BCUT2D eigenvalue weighted by Crippen LogP contribution is -2.63. The van der Waals surface area contributed by atoms with E-state index in [2.05, 4.69) is 20.9 Å². The fraction of sp³-hybridized carbons (Fsp3) is 0.500. The minimum Gasteiger partial charge on any atom is -0.381 e. The molecule has 1 aromatic rings. The summed E-state index contributed by atoms with van der Waals surface area (Å²) in [5.41, 5.74) is -0.993. The molecule has 1 N–H and O–H groups in total. The Morgan fingerprint density at radius 2 is 2.06 bits per heavy atom. The van der Waals surface area contributed by atoms with Gasteiger partial charge in [0.05, 0.1) is 5.69 Å². The zero-order valence-electron chi connectivity index (χ0n) is 8.65. The van der Waals surface area contributed by atoms with E-state index in [1.807, 2.05) is 0 Å². The van der Waals surface area contributed by atoms with Crippen molar-refractivity contribution in [1.29, 1.82) is 0 Å². The Labute approximate surface area is 104 Å². The van der Waals surface area contributed by atoms with Gasteiger partial charge < -0.3 is 5.11 Å². The SMILES string of the molecule is OC1(c2cc(Br)ccn2)CN(C(F)C(F)F)C1. The largest absolute Gasteiger partial charge is 0.381 e. The van der Waals surface area contributed by atoms with Crippen LogP contribution in [-0.2, 0) is 5.60 Å². The Hall–Kier alpha value is -0.660. The molecule has 2 heterocycles. The summed E-state index contributed by atoms with van der Waals surface area (Å²) in [7, 11) is 0. The first-order valence-electron chi connectivity index (χ1n) is 4.93. The maximum Gasteiger partial charge on any atom is 0.282 e. The van der Waals surface area contributed by atoms with Crippen molar-refractivity contribution in [1.82, 2.24) is 9.88 Å². The van der Waals surface area contributed by atoms with Gasteiger partial charge in [-0.05, 0) is 12.1 Å². The molecule has 0 bridgehead atoms. The summed E-state index contributed by atoms with van der Waals surface area (Å²) in [6, 6.07) is 3.27. The second kappa shape index (κ2) is 4.55. The Morgan fingerprint density at radius 1 is 1.41 bits per heavy atom. The van der Waals surface area contributed by atoms with E-state index >= 15 is 0 Å². The van der Waals surface area contributed by atoms with Crippen LogP contribution in [0.25, 0.3) is 0 Å². The number of hydrogen-bond donors (Lipinski definition) is 1. The Bertz CT molecular complexity index is 412. The van der Waals surface area contributed by atoms with Gasteiger partial charge >= 0.3 is 0 Å². The predicted octanol–water partition coefficient (Wildman–Crippen LogP) is 1.91. The average molecular weight is 311 g/mol. The fourth-order valence-corrected chi connectivity index (χ4v) is 2.12. The van der Waals surface area contributed by atoms with Crippen LogP contribution in [0.5, 0.6) is 0 Å². The molecule has 1 aliphatic rings. The van der Waals surface area contributed by atoms with E-state index in [4.69, 9.17) is 0 Å². The molecular weight excluding hydrogens is 301 g/mol. The molecule has 0 saturated carbocycles. The Morgan fingerprint density at radius 3 is 2.59 bits per heavy atom. The van der Waals surface area contributed by atoms with Gasteiger partial charge in [-0.1, -0.05) is 15.9 Å². The van der Waals surface area contributed by atoms with Crippen molar-refractivity contribution >= 4 is 15.9 Å². The molecule has 1 unspecified atom stereocenters. The van der Waals surface area contributed by atoms with Crippen molar-refractivity contribution in [3.05, 3.63) is 28.5 Å². The van der Waals surface area contributed by atoms with E-state index in [0.717, 1.165) is 9.37 Å². The number of alkyl halides is 3. The molecule has 17 heavy (non-hydrogen) atoms. The number of rotatable bonds is 3. The number of aliphatic hydroxyl groups is 1. The second-order valence-corrected chi connectivity index (χ2v) is 4.92. The van der Waals surface area contributed by atoms with Crippen molar-refractivity contribution < 1.29 is 18.3 Å². The number of pyridine rings is 1. The van der Waals surface area contributed by atoms with E-state index in [1.165, 1.54) is 6.20 Å². The van der Waals surface area contributed by atoms with Gasteiger partial charge in [0.1, 0.15) is 5.60 Å². The van der Waals surface area contributed by atoms with Crippen molar-refractivity contribution in [3.63, 3.8) is 0 Å². The molecule has 0 spiro atoms. The third-order valence-corrected chi connectivity index (χ3v) is 3.18. The van der Waals surface area contributed by atoms with Gasteiger partial charge in [0.2, 0.25) is 6.30 Å². The predicted molar refractivity (Wildman–Crippen MR) is 58.3 cm³/mol. The number of hydrogen-bond acceptors (Lipinski definition) is 3. The maximum atomic E-state index is 12.9. The normalized spacial score (nSPS) is 21.3. The summed E-state index contributed by atoms with van der Waals surface area (Å²) >= 11 is 3.22. The summed E-state index contributed by atoms with van der Waals surface area (Å²) < 4.78 is 37.9. The Kier molecular flexibility index (Phi) is 3.42. The zero-order valence-corrected chi connectivity index (χ0v) is 10.2. The van der Waals surface area contributed by atoms with Crippen molar-refractivity contribution in [3.8, 4) is 0 Å². The lowest BCUT2D eigenvalue weighted by Gasteiger charge is -2.47. The van der Waals surface area contributed by atoms with Crippen LogP contribution in [0.1, 0.15) is 5.69 Å². The molecule has 1 atom stereocenters. The van der Waals surface area contributed by atoms with Gasteiger partial charge in [-0.15, -0.1) is 0 Å². The first-order chi connectivity index (χ1) is 7.92. The first-order valence-corrected chi connectivity index (χ1v) is 5.72. The van der Waals surface area contributed by atoms with Crippen LogP contribution in [0.4, 0.5) is 13.2 Å². The molecule has 7 heteroatoms. The van der Waals surface area contributed by atoms with Crippen molar-refractivity contribution in [2.45, 2.75) is 18.3 Å². The Balaban J connectivity index is 2.06. The first kappa shape index (κ1) is 12.8.